The van der Waals surface area contributed by atoms with Crippen LogP contribution in [-0.2, 0) is 6.54 Å². The van der Waals surface area contributed by atoms with E-state index >= 15 is 0 Å². The molecule has 2 aromatic carbocycles. The lowest BCUT2D eigenvalue weighted by Gasteiger charge is -2.11. The number of hydrogen-bond donors (Lipinski definition) is 1. The zero-order chi connectivity index (χ0) is 13.7. The fourth-order valence-corrected chi connectivity index (χ4v) is 1.68. The number of rotatable bonds is 5. The molecule has 0 radical (unpaired) electrons. The van der Waals surface area contributed by atoms with Crippen molar-refractivity contribution < 1.29 is 13.5 Å². The second-order valence-corrected chi connectivity index (χ2v) is 4.09. The molecule has 0 fully saturated rings. The monoisotopic (exact) mass is 263 g/mol. The Morgan fingerprint density at radius 1 is 1.00 bits per heavy atom. The minimum Gasteiger partial charge on any atom is -0.457 e. The highest BCUT2D eigenvalue weighted by molar-refractivity contribution is 5.38. The molecule has 2 nitrogen and oxygen atoms in total. The lowest BCUT2D eigenvalue weighted by Crippen LogP contribution is -2.12. The first kappa shape index (κ1) is 13.5. The highest BCUT2D eigenvalue weighted by atomic mass is 19.1. The molecule has 0 spiro atoms. The summed E-state index contributed by atoms with van der Waals surface area (Å²) in [7, 11) is 0. The maximum Gasteiger partial charge on any atom is 0.132 e. The standard InChI is InChI=1S/C15H15F2NO/c1-2-18-10-11-9-13(17)5-8-15(11)19-14-6-3-12(16)4-7-14/h3-9,18H,2,10H2,1H3. The van der Waals surface area contributed by atoms with Gasteiger partial charge in [0.2, 0.25) is 0 Å². The van der Waals surface area contributed by atoms with Gasteiger partial charge in [0.1, 0.15) is 23.1 Å². The Labute approximate surface area is 111 Å². The lowest BCUT2D eigenvalue weighted by atomic mass is 10.2. The first-order valence-corrected chi connectivity index (χ1v) is 6.11. The first-order valence-electron chi connectivity index (χ1n) is 6.11. The van der Waals surface area contributed by atoms with Crippen LogP contribution in [0.4, 0.5) is 8.78 Å². The smallest absolute Gasteiger partial charge is 0.132 e. The number of halogens is 2. The molecule has 0 saturated heterocycles. The Balaban J connectivity index is 2.20. The zero-order valence-corrected chi connectivity index (χ0v) is 10.6. The van der Waals surface area contributed by atoms with Crippen molar-refractivity contribution in [2.24, 2.45) is 0 Å². The number of hydrogen-bond acceptors (Lipinski definition) is 2. The molecular formula is C15H15F2NO. The Bertz CT molecular complexity index is 540. The Morgan fingerprint density at radius 3 is 2.37 bits per heavy atom. The van der Waals surface area contributed by atoms with Gasteiger partial charge in [0.05, 0.1) is 0 Å². The molecule has 2 rings (SSSR count). The van der Waals surface area contributed by atoms with Crippen LogP contribution in [0.1, 0.15) is 12.5 Å². The van der Waals surface area contributed by atoms with E-state index < -0.39 is 0 Å². The van der Waals surface area contributed by atoms with Gasteiger partial charge in [-0.2, -0.15) is 0 Å². The van der Waals surface area contributed by atoms with Crippen molar-refractivity contribution in [3.8, 4) is 11.5 Å². The van der Waals surface area contributed by atoms with Crippen molar-refractivity contribution in [1.82, 2.24) is 5.32 Å². The van der Waals surface area contributed by atoms with Gasteiger partial charge in [-0.15, -0.1) is 0 Å². The largest absolute Gasteiger partial charge is 0.457 e. The van der Waals surface area contributed by atoms with Crippen molar-refractivity contribution in [3.63, 3.8) is 0 Å². The third-order valence-corrected chi connectivity index (χ3v) is 2.63. The molecule has 4 heteroatoms. The minimum atomic E-state index is -0.320. The molecule has 0 saturated carbocycles. The highest BCUT2D eigenvalue weighted by Crippen LogP contribution is 2.26. The molecule has 0 aromatic heterocycles. The predicted octanol–water partition coefficient (Wildman–Crippen LogP) is 3.87. The van der Waals surface area contributed by atoms with Crippen molar-refractivity contribution in [1.29, 1.82) is 0 Å². The summed E-state index contributed by atoms with van der Waals surface area (Å²) in [6, 6.07) is 10.1. The number of ether oxygens (including phenoxy) is 1. The SMILES string of the molecule is CCNCc1cc(F)ccc1Oc1ccc(F)cc1. The molecule has 100 valence electrons. The summed E-state index contributed by atoms with van der Waals surface area (Å²) < 4.78 is 31.7. The topological polar surface area (TPSA) is 21.3 Å². The van der Waals surface area contributed by atoms with Crippen LogP contribution in [0.2, 0.25) is 0 Å². The molecule has 0 bridgehead atoms. The van der Waals surface area contributed by atoms with Crippen molar-refractivity contribution in [2.75, 3.05) is 6.54 Å². The molecule has 0 amide bonds. The van der Waals surface area contributed by atoms with Crippen LogP contribution in [0.3, 0.4) is 0 Å². The van der Waals surface area contributed by atoms with E-state index in [-0.39, 0.29) is 11.6 Å². The summed E-state index contributed by atoms with van der Waals surface area (Å²) in [6.07, 6.45) is 0. The van der Waals surface area contributed by atoms with Gasteiger partial charge >= 0.3 is 0 Å². The van der Waals surface area contributed by atoms with Gasteiger partial charge in [-0.1, -0.05) is 6.92 Å². The molecule has 1 N–H and O–H groups in total. The fraction of sp³-hybridized carbons (Fsp3) is 0.200. The predicted molar refractivity (Wildman–Crippen MR) is 70.3 cm³/mol. The second kappa shape index (κ2) is 6.29. The average Bonchev–Trinajstić information content (AvgIpc) is 2.41. The van der Waals surface area contributed by atoms with Gasteiger partial charge < -0.3 is 10.1 Å². The molecule has 19 heavy (non-hydrogen) atoms. The van der Waals surface area contributed by atoms with E-state index in [1.165, 1.54) is 36.4 Å². The molecule has 0 aliphatic heterocycles. The fourth-order valence-electron chi connectivity index (χ4n) is 1.68. The van der Waals surface area contributed by atoms with Crippen LogP contribution in [0.5, 0.6) is 11.5 Å². The molecule has 0 unspecified atom stereocenters. The van der Waals surface area contributed by atoms with Crippen molar-refractivity contribution >= 4 is 0 Å². The van der Waals surface area contributed by atoms with Crippen LogP contribution in [0.15, 0.2) is 42.5 Å². The molecular weight excluding hydrogens is 248 g/mol. The molecule has 2 aromatic rings. The van der Waals surface area contributed by atoms with E-state index in [1.807, 2.05) is 6.92 Å². The quantitative estimate of drug-likeness (QED) is 0.884. The highest BCUT2D eigenvalue weighted by Gasteiger charge is 2.06. The summed E-state index contributed by atoms with van der Waals surface area (Å²) in [5.74, 6) is 0.457. The van der Waals surface area contributed by atoms with Crippen LogP contribution in [-0.4, -0.2) is 6.54 Å². The van der Waals surface area contributed by atoms with E-state index in [4.69, 9.17) is 4.74 Å². The number of benzene rings is 2. The molecule has 0 aliphatic rings. The van der Waals surface area contributed by atoms with Crippen LogP contribution >= 0.6 is 0 Å². The summed E-state index contributed by atoms with van der Waals surface area (Å²) >= 11 is 0. The van der Waals surface area contributed by atoms with Gasteiger partial charge in [0.25, 0.3) is 0 Å². The van der Waals surface area contributed by atoms with E-state index in [2.05, 4.69) is 5.32 Å². The summed E-state index contributed by atoms with van der Waals surface area (Å²) in [6.45, 7) is 3.27. The van der Waals surface area contributed by atoms with Crippen molar-refractivity contribution in [2.45, 2.75) is 13.5 Å². The van der Waals surface area contributed by atoms with Crippen LogP contribution < -0.4 is 10.1 Å². The Kier molecular flexibility index (Phi) is 4.47. The first-order chi connectivity index (χ1) is 9.19. The number of nitrogens with one attached hydrogen (secondary N) is 1. The van der Waals surface area contributed by atoms with Gasteiger partial charge in [-0.25, -0.2) is 8.78 Å². The zero-order valence-electron chi connectivity index (χ0n) is 10.6. The molecule has 0 atom stereocenters. The third kappa shape index (κ3) is 3.76. The summed E-state index contributed by atoms with van der Waals surface area (Å²) in [4.78, 5) is 0. The lowest BCUT2D eigenvalue weighted by molar-refractivity contribution is 0.469. The average molecular weight is 263 g/mol. The maximum atomic E-state index is 13.2. The van der Waals surface area contributed by atoms with E-state index in [0.717, 1.165) is 12.1 Å². The Morgan fingerprint density at radius 2 is 1.68 bits per heavy atom. The minimum absolute atomic E-state index is 0.306. The second-order valence-electron chi connectivity index (χ2n) is 4.09. The van der Waals surface area contributed by atoms with Crippen LogP contribution in [0.25, 0.3) is 0 Å². The molecule has 0 aliphatic carbocycles. The van der Waals surface area contributed by atoms with Gasteiger partial charge in [-0.3, -0.25) is 0 Å². The van der Waals surface area contributed by atoms with E-state index in [9.17, 15) is 8.78 Å². The molecule has 0 heterocycles. The maximum absolute atomic E-state index is 13.2. The normalized spacial score (nSPS) is 10.5. The van der Waals surface area contributed by atoms with E-state index in [1.54, 1.807) is 6.07 Å². The Hall–Kier alpha value is -1.94. The van der Waals surface area contributed by atoms with Crippen molar-refractivity contribution in [3.05, 3.63) is 59.7 Å². The summed E-state index contributed by atoms with van der Waals surface area (Å²) in [5.41, 5.74) is 0.728. The van der Waals surface area contributed by atoms with Gasteiger partial charge in [0.15, 0.2) is 0 Å². The summed E-state index contributed by atoms with van der Waals surface area (Å²) in [5, 5.41) is 3.12. The van der Waals surface area contributed by atoms with Gasteiger partial charge in [0, 0.05) is 12.1 Å². The van der Waals surface area contributed by atoms with Gasteiger partial charge in [-0.05, 0) is 49.0 Å². The van der Waals surface area contributed by atoms with Crippen LogP contribution in [0, 0.1) is 11.6 Å². The van der Waals surface area contributed by atoms with E-state index in [0.29, 0.717) is 18.0 Å². The third-order valence-electron chi connectivity index (χ3n) is 2.63.